The number of imidazole rings is 2. The first-order valence-electron chi connectivity index (χ1n) is 19.6. The maximum absolute atomic E-state index is 16.5. The molecular formula is C35H47BF2N10O11P2S. The molecule has 2 fully saturated rings. The number of rotatable bonds is 23. The number of nitrogens with two attached hydrogens (primary N) is 2. The van der Waals surface area contributed by atoms with Crippen LogP contribution in [0.1, 0.15) is 37.4 Å². The molecule has 1 aromatic carbocycles. The van der Waals surface area contributed by atoms with Crippen molar-refractivity contribution in [3.05, 3.63) is 60.7 Å². The third-order valence-corrected chi connectivity index (χ3v) is 14.7. The first-order chi connectivity index (χ1) is 29.9. The van der Waals surface area contributed by atoms with E-state index < -0.39 is 64.0 Å². The number of halogens is 2. The zero-order valence-corrected chi connectivity index (χ0v) is 36.6. The Morgan fingerprint density at radius 3 is 2.05 bits per heavy atom. The number of nitrogen functional groups attached to an aromatic ring is 2. The van der Waals surface area contributed by atoms with Crippen molar-refractivity contribution in [2.45, 2.75) is 69.3 Å². The molecular weight excluding hydrogens is 879 g/mol. The van der Waals surface area contributed by atoms with E-state index in [1.54, 1.807) is 6.92 Å². The molecule has 21 nitrogen and oxygen atoms in total. The van der Waals surface area contributed by atoms with Gasteiger partial charge in [-0.3, -0.25) is 22.7 Å². The summed E-state index contributed by atoms with van der Waals surface area (Å²) in [7, 11) is -2.67. The average Bonchev–Trinajstić information content (AvgIpc) is 4.04. The molecule has 0 radical (unpaired) electrons. The lowest BCUT2D eigenvalue weighted by Crippen LogP contribution is -2.34. The van der Waals surface area contributed by atoms with Crippen LogP contribution >= 0.6 is 25.7 Å². The Morgan fingerprint density at radius 2 is 1.40 bits per heavy atom. The van der Waals surface area contributed by atoms with Crippen LogP contribution in [-0.4, -0.2) is 130 Å². The Hall–Kier alpha value is -3.71. The molecule has 0 spiro atoms. The summed E-state index contributed by atoms with van der Waals surface area (Å²) in [6.45, 7) is 0.953. The molecule has 4 N–H and O–H groups in total. The fraction of sp³-hybridized carbons (Fsp3) is 0.543. The second-order valence-corrected chi connectivity index (χ2v) is 20.0. The van der Waals surface area contributed by atoms with Crippen molar-refractivity contribution in [2.75, 3.05) is 64.3 Å². The van der Waals surface area contributed by atoms with Gasteiger partial charge in [-0.05, 0) is 36.4 Å². The van der Waals surface area contributed by atoms with Crippen LogP contribution < -0.4 is 11.5 Å². The lowest BCUT2D eigenvalue weighted by Gasteiger charge is -2.26. The number of ether oxygens (including phenoxy) is 5. The number of anilines is 2. The normalized spacial score (nSPS) is 24.8. The van der Waals surface area contributed by atoms with E-state index in [0.717, 1.165) is 22.5 Å². The van der Waals surface area contributed by atoms with Gasteiger partial charge in [0.1, 0.15) is 42.0 Å². The summed E-state index contributed by atoms with van der Waals surface area (Å²) in [4.78, 5) is 24.6. The number of hydrogen-bond donors (Lipinski definition) is 2. The molecule has 7 rings (SSSR count). The summed E-state index contributed by atoms with van der Waals surface area (Å²) in [6.07, 6.45) is -5.99. The molecule has 2 saturated heterocycles. The molecule has 0 bridgehead atoms. The van der Waals surface area contributed by atoms with Crippen LogP contribution in [0.4, 0.5) is 20.4 Å². The standard InChI is InChI=1S/C35H47BF2N10O11P2S/c1-3-51-9-10-52-11-12-53-13-21-5-7-22(8-6-21)16-62-61(50,58-23-14-54-34(25(23)37)47-19-45-27-30(39)41-17-43-32(27)47)56-15-24-29(59-60(36,49)55-4-2)26(38)35(57-24)48-20-46-28-31(40)42-18-44-33(28)48/h5-8,17-20,23-26,29,34-35H,3-4,9-16,36H2,1-2H3,(H2,39,41,43)(H2,40,42,44)/t23-,24-,25-,26-,29-,34-,35-,60?,61?/m1/s1. The van der Waals surface area contributed by atoms with Crippen LogP contribution in [-0.2, 0) is 63.3 Å². The minimum Gasteiger partial charge on any atom is -0.382 e. The van der Waals surface area contributed by atoms with Crippen molar-refractivity contribution in [3.8, 4) is 0 Å². The summed E-state index contributed by atoms with van der Waals surface area (Å²) in [5.41, 5.74) is 14.3. The SMILES string of the molecule is BP(=O)(OCC)O[C@H]1[C@@H](F)[C@H](n2cnc3c(N)ncnc32)O[C@@H]1COP(=O)(O[C@@H]1CO[C@@H](n2cnc3c(N)ncnc32)[C@@H]1F)SCc1ccc(COCCOCCOCC)cc1. The highest BCUT2D eigenvalue weighted by atomic mass is 32.7. The van der Waals surface area contributed by atoms with Gasteiger partial charge in [0.25, 0.3) is 15.0 Å². The van der Waals surface area contributed by atoms with Crippen molar-refractivity contribution in [2.24, 2.45) is 0 Å². The lowest BCUT2D eigenvalue weighted by molar-refractivity contribution is -0.0421. The van der Waals surface area contributed by atoms with Crippen LogP contribution in [0.25, 0.3) is 22.3 Å². The van der Waals surface area contributed by atoms with Gasteiger partial charge >= 0.3 is 6.80 Å². The fourth-order valence-electron chi connectivity index (χ4n) is 6.65. The maximum Gasteiger partial charge on any atom is 0.389 e. The largest absolute Gasteiger partial charge is 0.389 e. The van der Waals surface area contributed by atoms with Gasteiger partial charge in [-0.2, -0.15) is 0 Å². The minimum atomic E-state index is -4.40. The quantitative estimate of drug-likeness (QED) is 0.0531. The monoisotopic (exact) mass is 926 g/mol. The minimum absolute atomic E-state index is 0.00728. The molecule has 4 aromatic heterocycles. The van der Waals surface area contributed by atoms with Crippen molar-refractivity contribution in [1.82, 2.24) is 39.0 Å². The van der Waals surface area contributed by atoms with Crippen LogP contribution in [0.15, 0.2) is 49.6 Å². The molecule has 27 heteroatoms. The van der Waals surface area contributed by atoms with Gasteiger partial charge in [0, 0.05) is 12.4 Å². The number of alkyl halides is 2. The lowest BCUT2D eigenvalue weighted by atomic mass is 10.1. The zero-order valence-electron chi connectivity index (χ0n) is 34.0. The van der Waals surface area contributed by atoms with E-state index in [2.05, 4.69) is 29.9 Å². The number of hydrogen-bond acceptors (Lipinski definition) is 20. The fourth-order valence-corrected chi connectivity index (χ4v) is 11.2. The zero-order chi connectivity index (χ0) is 43.9. The topological polar surface area (TPSA) is 256 Å². The highest BCUT2D eigenvalue weighted by Crippen LogP contribution is 2.64. The first kappa shape index (κ1) is 46.3. The third-order valence-electron chi connectivity index (χ3n) is 9.62. The van der Waals surface area contributed by atoms with E-state index in [-0.39, 0.29) is 52.9 Å². The molecule has 336 valence electrons. The van der Waals surface area contributed by atoms with E-state index in [9.17, 15) is 9.13 Å². The Morgan fingerprint density at radius 1 is 0.790 bits per heavy atom. The van der Waals surface area contributed by atoms with Crippen LogP contribution in [0.3, 0.4) is 0 Å². The highest BCUT2D eigenvalue weighted by Gasteiger charge is 2.51. The molecule has 62 heavy (non-hydrogen) atoms. The second-order valence-electron chi connectivity index (χ2n) is 13.9. The van der Waals surface area contributed by atoms with Gasteiger partial charge in [-0.1, -0.05) is 24.3 Å². The maximum atomic E-state index is 16.5. The van der Waals surface area contributed by atoms with E-state index in [1.807, 2.05) is 31.2 Å². The van der Waals surface area contributed by atoms with Crippen molar-refractivity contribution in [1.29, 1.82) is 0 Å². The first-order valence-corrected chi connectivity index (χ1v) is 24.7. The summed E-state index contributed by atoms with van der Waals surface area (Å²) < 4.78 is 115. The Labute approximate surface area is 359 Å². The predicted octanol–water partition coefficient (Wildman–Crippen LogP) is 4.11. The number of fused-ring (bicyclic) bond motifs is 2. The Balaban J connectivity index is 1.08. The van der Waals surface area contributed by atoms with E-state index in [4.69, 9.17) is 53.2 Å². The van der Waals surface area contributed by atoms with Gasteiger partial charge < -0.3 is 44.2 Å². The van der Waals surface area contributed by atoms with Crippen molar-refractivity contribution < 1.29 is 59.7 Å². The van der Waals surface area contributed by atoms with Crippen molar-refractivity contribution in [3.63, 3.8) is 0 Å². The van der Waals surface area contributed by atoms with E-state index >= 15 is 8.78 Å². The number of nitrogens with zero attached hydrogens (tertiary/aromatic N) is 8. The molecule has 0 amide bonds. The predicted molar refractivity (Wildman–Crippen MR) is 224 cm³/mol. The average molecular weight is 927 g/mol. The number of benzene rings is 1. The molecule has 0 aliphatic carbocycles. The molecule has 9 atom stereocenters. The van der Waals surface area contributed by atoms with Gasteiger partial charge in [-0.25, -0.2) is 43.2 Å². The smallest absolute Gasteiger partial charge is 0.382 e. The van der Waals surface area contributed by atoms with E-state index in [0.29, 0.717) is 39.6 Å². The van der Waals surface area contributed by atoms with Crippen molar-refractivity contribution >= 4 is 67.2 Å². The van der Waals surface area contributed by atoms with Crippen LogP contribution in [0.2, 0.25) is 0 Å². The molecule has 2 aliphatic heterocycles. The molecule has 5 aromatic rings. The molecule has 2 unspecified atom stereocenters. The van der Waals surface area contributed by atoms with Gasteiger partial charge in [0.15, 0.2) is 47.7 Å². The second kappa shape index (κ2) is 20.9. The Kier molecular flexibility index (Phi) is 15.6. The molecule has 2 aliphatic rings. The number of aromatic nitrogens is 8. The Bertz CT molecular complexity index is 2360. The highest BCUT2D eigenvalue weighted by molar-refractivity contribution is 8.54. The van der Waals surface area contributed by atoms with E-state index in [1.165, 1.54) is 42.0 Å². The summed E-state index contributed by atoms with van der Waals surface area (Å²) in [6, 6.07) is 7.35. The summed E-state index contributed by atoms with van der Waals surface area (Å²) in [5, 5.41) is 0. The van der Waals surface area contributed by atoms with Crippen LogP contribution in [0.5, 0.6) is 0 Å². The van der Waals surface area contributed by atoms with Crippen LogP contribution in [0, 0.1) is 0 Å². The summed E-state index contributed by atoms with van der Waals surface area (Å²) in [5.74, 6) is 0.232. The van der Waals surface area contributed by atoms with Gasteiger partial charge in [0.2, 0.25) is 0 Å². The molecule has 6 heterocycles. The summed E-state index contributed by atoms with van der Waals surface area (Å²) >= 11 is 0.775. The molecule has 0 saturated carbocycles. The van der Waals surface area contributed by atoms with Gasteiger partial charge in [0.05, 0.1) is 65.5 Å². The third kappa shape index (κ3) is 11.0. The van der Waals surface area contributed by atoms with Gasteiger partial charge in [-0.15, -0.1) is 0 Å².